The van der Waals surface area contributed by atoms with Crippen LogP contribution in [0.3, 0.4) is 0 Å². The van der Waals surface area contributed by atoms with E-state index in [2.05, 4.69) is 31.9 Å². The van der Waals surface area contributed by atoms with Crippen LogP contribution in [-0.2, 0) is 0 Å². The quantitative estimate of drug-likeness (QED) is 0.741. The molecule has 0 aliphatic carbocycles. The van der Waals surface area contributed by atoms with Crippen LogP contribution in [-0.4, -0.2) is 9.36 Å². The van der Waals surface area contributed by atoms with E-state index in [1.54, 1.807) is 0 Å². The van der Waals surface area contributed by atoms with Crippen molar-refractivity contribution < 1.29 is 0 Å². The van der Waals surface area contributed by atoms with Gasteiger partial charge >= 0.3 is 0 Å². The summed E-state index contributed by atoms with van der Waals surface area (Å²) in [5.74, 6) is 0. The first kappa shape index (κ1) is 10.3. The van der Waals surface area contributed by atoms with Crippen molar-refractivity contribution in [2.45, 2.75) is 6.92 Å². The number of benzene rings is 1. The molecule has 0 radical (unpaired) electrons. The second-order valence-electron chi connectivity index (χ2n) is 2.78. The minimum absolute atomic E-state index is 0.771. The zero-order valence-corrected chi connectivity index (χ0v) is 11.0. The van der Waals surface area contributed by atoms with E-state index in [9.17, 15) is 0 Å². The minimum atomic E-state index is 0.771. The van der Waals surface area contributed by atoms with Crippen molar-refractivity contribution >= 4 is 45.7 Å². The molecule has 2 rings (SSSR count). The maximum absolute atomic E-state index is 6.03. The van der Waals surface area contributed by atoms with E-state index in [0.29, 0.717) is 0 Å². The highest BCUT2D eigenvalue weighted by Crippen LogP contribution is 2.29. The van der Waals surface area contributed by atoms with Crippen molar-refractivity contribution in [3.8, 4) is 10.6 Å². The van der Waals surface area contributed by atoms with Crippen LogP contribution in [0.5, 0.6) is 0 Å². The van der Waals surface area contributed by atoms with E-state index in [0.717, 1.165) is 25.0 Å². The molecule has 0 unspecified atom stereocenters. The molecule has 2 nitrogen and oxygen atoms in total. The fourth-order valence-corrected chi connectivity index (χ4v) is 2.68. The van der Waals surface area contributed by atoms with Gasteiger partial charge in [-0.3, -0.25) is 0 Å². The van der Waals surface area contributed by atoms with Crippen LogP contribution < -0.4 is 0 Å². The standard InChI is InChI=1S/C9H6ClIN2S/c1-5-6(3-2-4-7(5)10)8-12-9(11)13-14-8/h2-4H,1H3. The van der Waals surface area contributed by atoms with Crippen molar-refractivity contribution in [3.05, 3.63) is 32.6 Å². The number of halogens is 2. The van der Waals surface area contributed by atoms with Gasteiger partial charge in [0.2, 0.25) is 3.83 Å². The SMILES string of the molecule is Cc1c(Cl)cccc1-c1nc(I)ns1. The number of rotatable bonds is 1. The maximum Gasteiger partial charge on any atom is 0.203 e. The molecule has 1 aromatic carbocycles. The van der Waals surface area contributed by atoms with Gasteiger partial charge in [-0.1, -0.05) is 23.7 Å². The summed E-state index contributed by atoms with van der Waals surface area (Å²) in [4.78, 5) is 4.32. The van der Waals surface area contributed by atoms with Gasteiger partial charge in [-0.15, -0.1) is 0 Å². The molecular formula is C9H6ClIN2S. The highest BCUT2D eigenvalue weighted by molar-refractivity contribution is 14.1. The molecule has 2 aromatic rings. The van der Waals surface area contributed by atoms with Crippen LogP contribution in [0, 0.1) is 10.8 Å². The smallest absolute Gasteiger partial charge is 0.203 e. The average molecular weight is 337 g/mol. The Morgan fingerprint density at radius 3 is 2.86 bits per heavy atom. The highest BCUT2D eigenvalue weighted by atomic mass is 127. The molecule has 0 amide bonds. The molecule has 0 saturated carbocycles. The van der Waals surface area contributed by atoms with Gasteiger partial charge in [0.25, 0.3) is 0 Å². The van der Waals surface area contributed by atoms with E-state index in [1.807, 2.05) is 25.1 Å². The first-order chi connectivity index (χ1) is 6.68. The number of hydrogen-bond donors (Lipinski definition) is 0. The van der Waals surface area contributed by atoms with Crippen LogP contribution in [0.2, 0.25) is 5.02 Å². The summed E-state index contributed by atoms with van der Waals surface area (Å²) in [5.41, 5.74) is 2.12. The van der Waals surface area contributed by atoms with Crippen LogP contribution in [0.25, 0.3) is 10.6 Å². The lowest BCUT2D eigenvalue weighted by Crippen LogP contribution is -1.83. The van der Waals surface area contributed by atoms with Gasteiger partial charge < -0.3 is 0 Å². The van der Waals surface area contributed by atoms with Crippen molar-refractivity contribution in [1.29, 1.82) is 0 Å². The fraction of sp³-hybridized carbons (Fsp3) is 0.111. The molecule has 0 aliphatic heterocycles. The van der Waals surface area contributed by atoms with E-state index in [-0.39, 0.29) is 0 Å². The second-order valence-corrected chi connectivity index (χ2v) is 4.90. The molecule has 0 aliphatic rings. The molecule has 0 bridgehead atoms. The Morgan fingerprint density at radius 2 is 2.21 bits per heavy atom. The zero-order valence-electron chi connectivity index (χ0n) is 7.29. The third-order valence-electron chi connectivity index (χ3n) is 1.90. The fourth-order valence-electron chi connectivity index (χ4n) is 1.15. The van der Waals surface area contributed by atoms with Gasteiger partial charge in [0, 0.05) is 33.2 Å². The Morgan fingerprint density at radius 1 is 1.43 bits per heavy atom. The van der Waals surface area contributed by atoms with Gasteiger partial charge in [-0.05, 0) is 30.1 Å². The Hall–Kier alpha value is -0.200. The van der Waals surface area contributed by atoms with Crippen molar-refractivity contribution in [2.24, 2.45) is 0 Å². The summed E-state index contributed by atoms with van der Waals surface area (Å²) in [6.45, 7) is 1.99. The van der Waals surface area contributed by atoms with Crippen LogP contribution in [0.15, 0.2) is 18.2 Å². The number of nitrogens with zero attached hydrogens (tertiary/aromatic N) is 2. The van der Waals surface area contributed by atoms with E-state index in [1.165, 1.54) is 11.5 Å². The molecule has 1 heterocycles. The molecular weight excluding hydrogens is 331 g/mol. The maximum atomic E-state index is 6.03. The summed E-state index contributed by atoms with van der Waals surface area (Å²) in [6.07, 6.45) is 0. The number of aromatic nitrogens is 2. The highest BCUT2D eigenvalue weighted by Gasteiger charge is 2.08. The lowest BCUT2D eigenvalue weighted by Gasteiger charge is -2.02. The van der Waals surface area contributed by atoms with Gasteiger partial charge in [0.15, 0.2) is 0 Å². The largest absolute Gasteiger partial charge is 0.210 e. The molecule has 0 spiro atoms. The van der Waals surface area contributed by atoms with Gasteiger partial charge in [0.1, 0.15) is 5.01 Å². The topological polar surface area (TPSA) is 25.8 Å². The second kappa shape index (κ2) is 4.12. The van der Waals surface area contributed by atoms with Gasteiger partial charge in [-0.2, -0.15) is 4.37 Å². The van der Waals surface area contributed by atoms with Crippen LogP contribution >= 0.6 is 45.7 Å². The first-order valence-electron chi connectivity index (χ1n) is 3.93. The third kappa shape index (κ3) is 1.92. The Balaban J connectivity index is 2.57. The van der Waals surface area contributed by atoms with E-state index < -0.39 is 0 Å². The lowest BCUT2D eigenvalue weighted by atomic mass is 10.1. The molecule has 14 heavy (non-hydrogen) atoms. The molecule has 0 saturated heterocycles. The van der Waals surface area contributed by atoms with Crippen LogP contribution in [0.1, 0.15) is 5.56 Å². The van der Waals surface area contributed by atoms with Gasteiger partial charge in [0.05, 0.1) is 0 Å². The first-order valence-corrected chi connectivity index (χ1v) is 6.16. The zero-order chi connectivity index (χ0) is 10.1. The Bertz CT molecular complexity index is 470. The summed E-state index contributed by atoms with van der Waals surface area (Å²) in [7, 11) is 0. The summed E-state index contributed by atoms with van der Waals surface area (Å²) in [6, 6.07) is 5.82. The molecule has 1 aromatic heterocycles. The van der Waals surface area contributed by atoms with Crippen molar-refractivity contribution in [1.82, 2.24) is 9.36 Å². The summed E-state index contributed by atoms with van der Waals surface area (Å²) in [5, 5.41) is 1.70. The van der Waals surface area contributed by atoms with Crippen molar-refractivity contribution in [3.63, 3.8) is 0 Å². The molecule has 0 N–H and O–H groups in total. The van der Waals surface area contributed by atoms with E-state index in [4.69, 9.17) is 11.6 Å². The normalized spacial score (nSPS) is 10.5. The Kier molecular flexibility index (Phi) is 3.04. The monoisotopic (exact) mass is 336 g/mol. The number of hydrogen-bond acceptors (Lipinski definition) is 3. The minimum Gasteiger partial charge on any atom is -0.210 e. The predicted octanol–water partition coefficient (Wildman–Crippen LogP) is 3.77. The molecule has 5 heteroatoms. The summed E-state index contributed by atoms with van der Waals surface area (Å²) >= 11 is 9.53. The Labute approximate surface area is 105 Å². The molecule has 72 valence electrons. The molecule has 0 atom stereocenters. The van der Waals surface area contributed by atoms with E-state index >= 15 is 0 Å². The predicted molar refractivity (Wildman–Crippen MR) is 67.8 cm³/mol. The third-order valence-corrected chi connectivity index (χ3v) is 3.87. The summed E-state index contributed by atoms with van der Waals surface area (Å²) < 4.78 is 4.92. The molecule has 0 fully saturated rings. The van der Waals surface area contributed by atoms with Gasteiger partial charge in [-0.25, -0.2) is 4.98 Å². The van der Waals surface area contributed by atoms with Crippen LogP contribution in [0.4, 0.5) is 0 Å². The van der Waals surface area contributed by atoms with Crippen molar-refractivity contribution in [2.75, 3.05) is 0 Å². The lowest BCUT2D eigenvalue weighted by molar-refractivity contribution is 1.25. The average Bonchev–Trinajstić information content (AvgIpc) is 2.57.